The number of nitrogens with one attached hydrogen (secondary N) is 1. The molecule has 0 amide bonds. The topological polar surface area (TPSA) is 90.2 Å². The van der Waals surface area contributed by atoms with Gasteiger partial charge in [-0.1, -0.05) is 30.3 Å². The van der Waals surface area contributed by atoms with Gasteiger partial charge >= 0.3 is 5.69 Å². The number of rotatable bonds is 4. The van der Waals surface area contributed by atoms with Crippen molar-refractivity contribution in [3.63, 3.8) is 0 Å². The van der Waals surface area contributed by atoms with E-state index in [4.69, 9.17) is 16.3 Å². The molecule has 0 fully saturated rings. The van der Waals surface area contributed by atoms with Crippen molar-refractivity contribution in [1.29, 1.82) is 0 Å². The van der Waals surface area contributed by atoms with Crippen molar-refractivity contribution in [3.8, 4) is 11.4 Å². The second kappa shape index (κ2) is 7.13. The minimum Gasteiger partial charge on any atom is -0.490 e. The molecule has 0 saturated heterocycles. The Balaban J connectivity index is 2.16. The summed E-state index contributed by atoms with van der Waals surface area (Å²) >= 11 is 6.14. The highest BCUT2D eigenvalue weighted by molar-refractivity contribution is 6.31. The Labute approximate surface area is 158 Å². The first-order chi connectivity index (χ1) is 12.8. The largest absolute Gasteiger partial charge is 0.490 e. The summed E-state index contributed by atoms with van der Waals surface area (Å²) < 4.78 is 6.32. The van der Waals surface area contributed by atoms with Crippen LogP contribution in [0.15, 0.2) is 41.2 Å². The van der Waals surface area contributed by atoms with E-state index in [9.17, 15) is 14.9 Å². The first kappa shape index (κ1) is 18.5. The van der Waals surface area contributed by atoms with Crippen molar-refractivity contribution >= 4 is 29.9 Å². The number of nitro benzene ring substituents is 1. The van der Waals surface area contributed by atoms with Crippen LogP contribution in [0.3, 0.4) is 0 Å². The van der Waals surface area contributed by atoms with Gasteiger partial charge in [-0.05, 0) is 42.3 Å². The average molecular weight is 386 g/mol. The van der Waals surface area contributed by atoms with Crippen molar-refractivity contribution in [2.24, 2.45) is 0 Å². The van der Waals surface area contributed by atoms with Crippen LogP contribution >= 0.6 is 11.6 Å². The van der Waals surface area contributed by atoms with Crippen molar-refractivity contribution < 1.29 is 9.66 Å². The lowest BCUT2D eigenvalue weighted by Crippen LogP contribution is -2.33. The molecular weight excluding hydrogens is 370 g/mol. The van der Waals surface area contributed by atoms with Crippen molar-refractivity contribution in [1.82, 2.24) is 9.78 Å². The third kappa shape index (κ3) is 3.50. The molecule has 0 bridgehead atoms. The van der Waals surface area contributed by atoms with E-state index in [1.165, 1.54) is 23.9 Å². The summed E-state index contributed by atoms with van der Waals surface area (Å²) in [6.07, 6.45) is 1.54. The number of benzene rings is 2. The minimum atomic E-state index is -0.537. The molecule has 0 spiro atoms. The molecule has 138 valence electrons. The third-order valence-electron chi connectivity index (χ3n) is 4.13. The summed E-state index contributed by atoms with van der Waals surface area (Å²) in [4.78, 5) is 23.4. The van der Waals surface area contributed by atoms with Crippen LogP contribution in [-0.4, -0.2) is 21.8 Å². The average Bonchev–Trinajstić information content (AvgIpc) is 2.92. The normalized spacial score (nSPS) is 11.6. The number of hydrogen-bond donors (Lipinski definition) is 1. The van der Waals surface area contributed by atoms with Crippen LogP contribution in [0.25, 0.3) is 18.3 Å². The first-order valence-electron chi connectivity index (χ1n) is 7.92. The van der Waals surface area contributed by atoms with Gasteiger partial charge in [0.05, 0.1) is 28.3 Å². The molecule has 0 saturated carbocycles. The fourth-order valence-corrected chi connectivity index (χ4v) is 2.83. The minimum absolute atomic E-state index is 0.146. The van der Waals surface area contributed by atoms with Crippen LogP contribution in [0.2, 0.25) is 5.02 Å². The quantitative estimate of drug-likeness (QED) is 0.551. The van der Waals surface area contributed by atoms with Gasteiger partial charge in [-0.2, -0.15) is 0 Å². The number of aromatic amines is 1. The van der Waals surface area contributed by atoms with E-state index >= 15 is 0 Å². The predicted octanol–water partition coefficient (Wildman–Crippen LogP) is 2.28. The summed E-state index contributed by atoms with van der Waals surface area (Å²) in [5, 5.41) is 15.3. The molecule has 0 unspecified atom stereocenters. The Morgan fingerprint density at radius 1 is 1.30 bits per heavy atom. The van der Waals surface area contributed by atoms with E-state index in [1.54, 1.807) is 24.3 Å². The summed E-state index contributed by atoms with van der Waals surface area (Å²) in [7, 11) is 1.36. The highest BCUT2D eigenvalue weighted by Crippen LogP contribution is 2.27. The Morgan fingerprint density at radius 3 is 2.67 bits per heavy atom. The number of ether oxygens (including phenoxy) is 1. The van der Waals surface area contributed by atoms with Crippen LogP contribution in [0.1, 0.15) is 11.1 Å². The van der Waals surface area contributed by atoms with E-state index in [0.717, 1.165) is 5.56 Å². The lowest BCUT2D eigenvalue weighted by Gasteiger charge is -2.03. The van der Waals surface area contributed by atoms with Gasteiger partial charge < -0.3 is 4.74 Å². The number of methoxy groups -OCH3 is 1. The molecule has 27 heavy (non-hydrogen) atoms. The summed E-state index contributed by atoms with van der Waals surface area (Å²) in [6, 6.07) is 9.71. The third-order valence-corrected chi connectivity index (χ3v) is 4.54. The van der Waals surface area contributed by atoms with E-state index in [0.29, 0.717) is 26.8 Å². The molecule has 0 atom stereocenters. The number of halogens is 1. The Morgan fingerprint density at radius 2 is 2.04 bits per heavy atom. The zero-order valence-corrected chi connectivity index (χ0v) is 15.4. The van der Waals surface area contributed by atoms with E-state index in [2.05, 4.69) is 11.7 Å². The Kier molecular flexibility index (Phi) is 4.87. The molecule has 0 aliphatic heterocycles. The molecule has 2 aromatic carbocycles. The van der Waals surface area contributed by atoms with Gasteiger partial charge in [0.15, 0.2) is 5.75 Å². The monoisotopic (exact) mass is 385 g/mol. The highest BCUT2D eigenvalue weighted by Gasteiger charge is 2.15. The van der Waals surface area contributed by atoms with Crippen LogP contribution in [0.4, 0.5) is 5.69 Å². The lowest BCUT2D eigenvalue weighted by atomic mass is 10.1. The number of nitrogens with zero attached hydrogens (tertiary/aromatic N) is 2. The Bertz CT molecular complexity index is 1210. The molecule has 3 rings (SSSR count). The standard InChI is InChI=1S/C19H16ClN3O4/c1-11-4-6-14(10-16(11)20)22-19(24)15(12(2)21-22)8-13-5-7-18(27-3)17(9-13)23(25)26/h4-10,21H,2H2,1,3H3/b15-8+. The molecule has 3 aromatic rings. The maximum atomic E-state index is 12.8. The highest BCUT2D eigenvalue weighted by atomic mass is 35.5. The number of aryl methyl sites for hydroxylation is 1. The molecule has 8 heteroatoms. The molecule has 0 radical (unpaired) electrons. The molecule has 1 heterocycles. The van der Waals surface area contributed by atoms with Crippen molar-refractivity contribution in [3.05, 3.63) is 83.6 Å². The molecule has 0 aliphatic rings. The molecule has 0 aliphatic carbocycles. The second-order valence-electron chi connectivity index (χ2n) is 5.91. The molecule has 1 N–H and O–H groups in total. The van der Waals surface area contributed by atoms with Crippen LogP contribution in [0, 0.1) is 17.0 Å². The van der Waals surface area contributed by atoms with E-state index in [1.807, 2.05) is 13.0 Å². The molecular formula is C19H16ClN3O4. The van der Waals surface area contributed by atoms with Gasteiger partial charge in [0.2, 0.25) is 0 Å². The van der Waals surface area contributed by atoms with E-state index in [-0.39, 0.29) is 17.0 Å². The van der Waals surface area contributed by atoms with Gasteiger partial charge in [-0.25, -0.2) is 4.68 Å². The van der Waals surface area contributed by atoms with Gasteiger partial charge in [0.25, 0.3) is 5.56 Å². The maximum Gasteiger partial charge on any atom is 0.311 e. The smallest absolute Gasteiger partial charge is 0.311 e. The zero-order valence-electron chi connectivity index (χ0n) is 14.7. The summed E-state index contributed by atoms with van der Waals surface area (Å²) in [6.45, 7) is 5.72. The SMILES string of the molecule is C=c1[nH]n(-c2ccc(C)c(Cl)c2)c(=O)/c1=C/c1ccc(OC)c([N+](=O)[O-])c1. The van der Waals surface area contributed by atoms with Crippen molar-refractivity contribution in [2.45, 2.75) is 6.92 Å². The molecule has 1 aromatic heterocycles. The van der Waals surface area contributed by atoms with Crippen LogP contribution < -0.4 is 20.9 Å². The van der Waals surface area contributed by atoms with E-state index < -0.39 is 4.92 Å². The fourth-order valence-electron chi connectivity index (χ4n) is 2.65. The number of nitro groups is 1. The maximum absolute atomic E-state index is 12.8. The van der Waals surface area contributed by atoms with Gasteiger partial charge in [0.1, 0.15) is 0 Å². The number of aromatic nitrogens is 2. The first-order valence-corrected chi connectivity index (χ1v) is 8.30. The number of hydrogen-bond acceptors (Lipinski definition) is 4. The van der Waals surface area contributed by atoms with Gasteiger partial charge in [-0.3, -0.25) is 20.0 Å². The lowest BCUT2D eigenvalue weighted by molar-refractivity contribution is -0.385. The Hall–Kier alpha value is -3.32. The summed E-state index contributed by atoms with van der Waals surface area (Å²) in [5.41, 5.74) is 1.43. The zero-order chi connectivity index (χ0) is 19.7. The molecule has 7 nitrogen and oxygen atoms in total. The van der Waals surface area contributed by atoms with Crippen LogP contribution in [0.5, 0.6) is 5.75 Å². The van der Waals surface area contributed by atoms with Gasteiger partial charge in [-0.15, -0.1) is 0 Å². The van der Waals surface area contributed by atoms with Crippen molar-refractivity contribution in [2.75, 3.05) is 7.11 Å². The second-order valence-corrected chi connectivity index (χ2v) is 6.32. The van der Waals surface area contributed by atoms with Gasteiger partial charge in [0, 0.05) is 11.1 Å². The predicted molar refractivity (Wildman–Crippen MR) is 104 cm³/mol. The fraction of sp³-hybridized carbons (Fsp3) is 0.105. The number of H-pyrrole nitrogens is 1. The van der Waals surface area contributed by atoms with Crippen LogP contribution in [-0.2, 0) is 0 Å². The summed E-state index contributed by atoms with van der Waals surface area (Å²) in [5.74, 6) is 0.146.